The highest BCUT2D eigenvalue weighted by Crippen LogP contribution is 2.22. The van der Waals surface area contributed by atoms with Gasteiger partial charge in [-0.15, -0.1) is 0 Å². The number of nitrogens with zero attached hydrogens (tertiary/aromatic N) is 2. The predicted octanol–water partition coefficient (Wildman–Crippen LogP) is 0.752. The number of esters is 1. The summed E-state index contributed by atoms with van der Waals surface area (Å²) in [5.74, 6) is -1.54. The van der Waals surface area contributed by atoms with Crippen LogP contribution in [0.5, 0.6) is 5.75 Å². The first-order valence-electron chi connectivity index (χ1n) is 6.07. The number of ether oxygens (including phenoxy) is 1. The Hall–Kier alpha value is -2.96. The van der Waals surface area contributed by atoms with Gasteiger partial charge in [0.2, 0.25) is 0 Å². The van der Waals surface area contributed by atoms with Gasteiger partial charge in [-0.25, -0.2) is 4.98 Å². The summed E-state index contributed by atoms with van der Waals surface area (Å²) in [7, 11) is 1.21. The van der Waals surface area contributed by atoms with Crippen molar-refractivity contribution in [1.29, 1.82) is 0 Å². The number of pyridine rings is 2. The molecule has 7 nitrogen and oxygen atoms in total. The second-order valence-electron chi connectivity index (χ2n) is 4.07. The third-order valence-electron chi connectivity index (χ3n) is 2.66. The summed E-state index contributed by atoms with van der Waals surface area (Å²) >= 11 is 0. The number of hydrogen-bond donors (Lipinski definition) is 2. The van der Waals surface area contributed by atoms with Crippen LogP contribution in [0.25, 0.3) is 11.3 Å². The Morgan fingerprint density at radius 2 is 2.14 bits per heavy atom. The minimum atomic E-state index is -0.662. The van der Waals surface area contributed by atoms with E-state index in [1.807, 2.05) is 0 Å². The molecule has 2 heterocycles. The first kappa shape index (κ1) is 14.4. The fourth-order valence-electron chi connectivity index (χ4n) is 1.61. The Balaban J connectivity index is 2.16. The maximum atomic E-state index is 11.8. The molecule has 0 fully saturated rings. The van der Waals surface area contributed by atoms with Gasteiger partial charge in [0, 0.05) is 18.0 Å². The topological polar surface area (TPSA) is 101 Å². The molecule has 0 radical (unpaired) electrons. The molecule has 108 valence electrons. The second kappa shape index (κ2) is 6.47. The molecular weight excluding hydrogens is 274 g/mol. The van der Waals surface area contributed by atoms with E-state index in [2.05, 4.69) is 20.0 Å². The van der Waals surface area contributed by atoms with Gasteiger partial charge in [-0.2, -0.15) is 0 Å². The number of carbonyl (C=O) groups excluding carboxylic acids is 2. The van der Waals surface area contributed by atoms with Crippen molar-refractivity contribution in [3.05, 3.63) is 42.4 Å². The van der Waals surface area contributed by atoms with Crippen molar-refractivity contribution in [2.24, 2.45) is 0 Å². The van der Waals surface area contributed by atoms with Gasteiger partial charge < -0.3 is 15.2 Å². The van der Waals surface area contributed by atoms with Gasteiger partial charge in [-0.3, -0.25) is 14.6 Å². The average molecular weight is 287 g/mol. The fraction of sp³-hybridized carbons (Fsp3) is 0.143. The van der Waals surface area contributed by atoms with E-state index < -0.39 is 11.9 Å². The van der Waals surface area contributed by atoms with E-state index in [4.69, 9.17) is 0 Å². The van der Waals surface area contributed by atoms with Gasteiger partial charge in [0.25, 0.3) is 5.91 Å². The third kappa shape index (κ3) is 3.53. The van der Waals surface area contributed by atoms with E-state index in [0.717, 1.165) is 0 Å². The van der Waals surface area contributed by atoms with Crippen LogP contribution in [0.2, 0.25) is 0 Å². The van der Waals surface area contributed by atoms with Crippen molar-refractivity contribution in [1.82, 2.24) is 15.3 Å². The number of hydrogen-bond acceptors (Lipinski definition) is 6. The van der Waals surface area contributed by atoms with E-state index >= 15 is 0 Å². The van der Waals surface area contributed by atoms with Crippen LogP contribution in [0.3, 0.4) is 0 Å². The molecule has 0 unspecified atom stereocenters. The van der Waals surface area contributed by atoms with E-state index in [0.29, 0.717) is 11.3 Å². The molecular formula is C14H13N3O4. The number of methoxy groups -OCH3 is 1. The van der Waals surface area contributed by atoms with Crippen molar-refractivity contribution >= 4 is 11.9 Å². The molecule has 2 aromatic heterocycles. The normalized spacial score (nSPS) is 9.95. The Bertz CT molecular complexity index is 659. The smallest absolute Gasteiger partial charge is 0.325 e. The SMILES string of the molecule is COC(=O)CNC(=O)c1ncc(-c2ccccn2)cc1O. The molecule has 0 atom stereocenters. The minimum absolute atomic E-state index is 0.168. The maximum absolute atomic E-state index is 11.8. The highest BCUT2D eigenvalue weighted by atomic mass is 16.5. The van der Waals surface area contributed by atoms with E-state index in [1.54, 1.807) is 24.4 Å². The predicted molar refractivity (Wildman–Crippen MR) is 73.5 cm³/mol. The number of rotatable bonds is 4. The zero-order chi connectivity index (χ0) is 15.2. The first-order valence-corrected chi connectivity index (χ1v) is 6.07. The molecule has 0 bridgehead atoms. The maximum Gasteiger partial charge on any atom is 0.325 e. The van der Waals surface area contributed by atoms with Gasteiger partial charge in [0.1, 0.15) is 12.3 Å². The molecule has 1 amide bonds. The van der Waals surface area contributed by atoms with Crippen LogP contribution < -0.4 is 5.32 Å². The number of aromatic nitrogens is 2. The molecule has 0 aromatic carbocycles. The van der Waals surface area contributed by atoms with Gasteiger partial charge in [0.05, 0.1) is 12.8 Å². The van der Waals surface area contributed by atoms with Gasteiger partial charge in [-0.1, -0.05) is 6.07 Å². The Morgan fingerprint density at radius 1 is 1.33 bits per heavy atom. The number of aromatic hydroxyl groups is 1. The van der Waals surface area contributed by atoms with Crippen molar-refractivity contribution in [2.75, 3.05) is 13.7 Å². The molecule has 0 aliphatic carbocycles. The van der Waals surface area contributed by atoms with Crippen LogP contribution in [-0.4, -0.2) is 40.6 Å². The molecule has 21 heavy (non-hydrogen) atoms. The van der Waals surface area contributed by atoms with Crippen LogP contribution in [0, 0.1) is 0 Å². The lowest BCUT2D eigenvalue weighted by molar-refractivity contribution is -0.139. The van der Waals surface area contributed by atoms with Gasteiger partial charge in [0.15, 0.2) is 5.69 Å². The van der Waals surface area contributed by atoms with E-state index in [1.165, 1.54) is 19.4 Å². The highest BCUT2D eigenvalue weighted by molar-refractivity contribution is 5.96. The number of amides is 1. The summed E-state index contributed by atoms with van der Waals surface area (Å²) in [5.41, 5.74) is 1.04. The lowest BCUT2D eigenvalue weighted by Crippen LogP contribution is -2.30. The Morgan fingerprint density at radius 3 is 2.76 bits per heavy atom. The standard InChI is InChI=1S/C14H13N3O4/c1-21-12(19)8-17-14(20)13-11(18)6-9(7-16-13)10-4-2-3-5-15-10/h2-7,18H,8H2,1H3,(H,17,20). The largest absolute Gasteiger partial charge is 0.505 e. The van der Waals surface area contributed by atoms with Crippen molar-refractivity contribution in [3.8, 4) is 17.0 Å². The summed E-state index contributed by atoms with van der Waals surface area (Å²) in [6, 6.07) is 6.72. The fourth-order valence-corrected chi connectivity index (χ4v) is 1.61. The second-order valence-corrected chi connectivity index (χ2v) is 4.07. The zero-order valence-corrected chi connectivity index (χ0v) is 11.2. The van der Waals surface area contributed by atoms with Crippen LogP contribution in [-0.2, 0) is 9.53 Å². The molecule has 2 rings (SSSR count). The molecule has 0 aliphatic rings. The Kier molecular flexibility index (Phi) is 4.45. The molecule has 7 heteroatoms. The van der Waals surface area contributed by atoms with E-state index in [9.17, 15) is 14.7 Å². The molecule has 0 spiro atoms. The molecule has 0 saturated carbocycles. The van der Waals surface area contributed by atoms with Crippen LogP contribution >= 0.6 is 0 Å². The summed E-state index contributed by atoms with van der Waals surface area (Å²) in [6.45, 7) is -0.293. The molecule has 0 saturated heterocycles. The lowest BCUT2D eigenvalue weighted by Gasteiger charge is -2.06. The van der Waals surface area contributed by atoms with Crippen molar-refractivity contribution < 1.29 is 19.4 Å². The average Bonchev–Trinajstić information content (AvgIpc) is 2.53. The highest BCUT2D eigenvalue weighted by Gasteiger charge is 2.15. The monoisotopic (exact) mass is 287 g/mol. The third-order valence-corrected chi connectivity index (χ3v) is 2.66. The van der Waals surface area contributed by atoms with Gasteiger partial charge in [-0.05, 0) is 18.2 Å². The van der Waals surface area contributed by atoms with Crippen LogP contribution in [0.15, 0.2) is 36.7 Å². The zero-order valence-electron chi connectivity index (χ0n) is 11.2. The van der Waals surface area contributed by atoms with Crippen LogP contribution in [0.4, 0.5) is 0 Å². The lowest BCUT2D eigenvalue weighted by atomic mass is 10.1. The van der Waals surface area contributed by atoms with Crippen molar-refractivity contribution in [2.45, 2.75) is 0 Å². The van der Waals surface area contributed by atoms with E-state index in [-0.39, 0.29) is 18.0 Å². The molecule has 2 N–H and O–H groups in total. The summed E-state index contributed by atoms with van der Waals surface area (Å²) in [6.07, 6.45) is 3.04. The number of nitrogens with one attached hydrogen (secondary N) is 1. The summed E-state index contributed by atoms with van der Waals surface area (Å²) in [5, 5.41) is 12.2. The molecule has 2 aromatic rings. The molecule has 0 aliphatic heterocycles. The Labute approximate surface area is 120 Å². The summed E-state index contributed by atoms with van der Waals surface area (Å²) in [4.78, 5) is 30.7. The first-order chi connectivity index (χ1) is 10.1. The minimum Gasteiger partial charge on any atom is -0.505 e. The van der Waals surface area contributed by atoms with Crippen molar-refractivity contribution in [3.63, 3.8) is 0 Å². The summed E-state index contributed by atoms with van der Waals surface area (Å²) < 4.78 is 4.40. The number of carbonyl (C=O) groups is 2. The van der Waals surface area contributed by atoms with Gasteiger partial charge >= 0.3 is 5.97 Å². The van der Waals surface area contributed by atoms with Crippen LogP contribution in [0.1, 0.15) is 10.5 Å². The quantitative estimate of drug-likeness (QED) is 0.805.